The fourth-order valence-corrected chi connectivity index (χ4v) is 2.15. The fraction of sp³-hybridized carbons (Fsp3) is 0.818. The molecule has 2 atom stereocenters. The molecule has 0 aromatic rings. The second kappa shape index (κ2) is 3.22. The van der Waals surface area contributed by atoms with E-state index in [-0.39, 0.29) is 24.4 Å². The van der Waals surface area contributed by atoms with Gasteiger partial charge in [0.15, 0.2) is 0 Å². The van der Waals surface area contributed by atoms with Crippen LogP contribution < -0.4 is 5.32 Å². The molecule has 15 heavy (non-hydrogen) atoms. The Balaban J connectivity index is 2.00. The summed E-state index contributed by atoms with van der Waals surface area (Å²) in [6.07, 6.45) is 1.16. The van der Waals surface area contributed by atoms with Crippen LogP contribution in [0, 0.1) is 11.3 Å². The Kier molecular flexibility index (Phi) is 2.24. The van der Waals surface area contributed by atoms with Crippen LogP contribution in [0.2, 0.25) is 0 Å². The number of hydrogen-bond donors (Lipinski definition) is 1. The van der Waals surface area contributed by atoms with Crippen molar-refractivity contribution in [3.63, 3.8) is 0 Å². The van der Waals surface area contributed by atoms with Gasteiger partial charge >= 0.3 is 0 Å². The average molecular weight is 210 g/mol. The minimum atomic E-state index is -0.303. The predicted molar refractivity (Wildman–Crippen MR) is 56.1 cm³/mol. The van der Waals surface area contributed by atoms with E-state index in [1.54, 1.807) is 11.8 Å². The summed E-state index contributed by atoms with van der Waals surface area (Å²) < 4.78 is 0. The van der Waals surface area contributed by atoms with Crippen LogP contribution in [0.25, 0.3) is 0 Å². The van der Waals surface area contributed by atoms with E-state index in [4.69, 9.17) is 0 Å². The third-order valence-electron chi connectivity index (χ3n) is 3.72. The zero-order valence-corrected chi connectivity index (χ0v) is 9.54. The van der Waals surface area contributed by atoms with Gasteiger partial charge in [0.05, 0.1) is 6.54 Å². The molecule has 0 aromatic heterocycles. The highest BCUT2D eigenvalue weighted by atomic mass is 16.2. The third-order valence-corrected chi connectivity index (χ3v) is 3.72. The van der Waals surface area contributed by atoms with Crippen LogP contribution in [0.15, 0.2) is 0 Å². The quantitative estimate of drug-likeness (QED) is 0.716. The molecule has 2 rings (SSSR count). The Labute approximate surface area is 90.0 Å². The van der Waals surface area contributed by atoms with E-state index in [1.807, 2.05) is 0 Å². The first-order chi connectivity index (χ1) is 6.92. The van der Waals surface area contributed by atoms with Crippen molar-refractivity contribution >= 4 is 11.8 Å². The maximum absolute atomic E-state index is 11.6. The minimum absolute atomic E-state index is 0.0342. The summed E-state index contributed by atoms with van der Waals surface area (Å²) in [5, 5.41) is 2.60. The van der Waals surface area contributed by atoms with Crippen LogP contribution >= 0.6 is 0 Å². The van der Waals surface area contributed by atoms with E-state index in [0.29, 0.717) is 11.3 Å². The number of carbonyl (C=O) groups excluding carboxylic acids is 2. The van der Waals surface area contributed by atoms with Gasteiger partial charge in [0.1, 0.15) is 6.04 Å². The molecule has 1 saturated heterocycles. The van der Waals surface area contributed by atoms with E-state index in [2.05, 4.69) is 19.2 Å². The first-order valence-corrected chi connectivity index (χ1v) is 5.49. The molecular formula is C11H18N2O2. The van der Waals surface area contributed by atoms with Gasteiger partial charge in [0.2, 0.25) is 11.8 Å². The summed E-state index contributed by atoms with van der Waals surface area (Å²) in [4.78, 5) is 24.8. The summed E-state index contributed by atoms with van der Waals surface area (Å²) in [6, 6.07) is -0.303. The van der Waals surface area contributed by atoms with Crippen molar-refractivity contribution in [1.82, 2.24) is 10.2 Å². The first kappa shape index (κ1) is 10.5. The molecule has 1 aliphatic heterocycles. The molecule has 1 aliphatic carbocycles. The van der Waals surface area contributed by atoms with Crippen molar-refractivity contribution in [1.29, 1.82) is 0 Å². The summed E-state index contributed by atoms with van der Waals surface area (Å²) in [5.74, 6) is 0.577. The Hall–Kier alpha value is -1.06. The van der Waals surface area contributed by atoms with Gasteiger partial charge in [-0.05, 0) is 24.7 Å². The second-order valence-electron chi connectivity index (χ2n) is 5.33. The molecule has 2 aliphatic rings. The van der Waals surface area contributed by atoms with Crippen LogP contribution in [0.4, 0.5) is 0 Å². The topological polar surface area (TPSA) is 49.4 Å². The largest absolute Gasteiger partial charge is 0.345 e. The standard InChI is InChI=1S/C11H18N2O2/c1-7-10(15)12-5-9(14)13(7)6-8-4-11(8,2)3/h7-8H,4-6H2,1-3H3,(H,12,15). The van der Waals surface area contributed by atoms with E-state index < -0.39 is 0 Å². The Morgan fingerprint density at radius 2 is 2.07 bits per heavy atom. The molecule has 4 heteroatoms. The van der Waals surface area contributed by atoms with Crippen molar-refractivity contribution in [2.75, 3.05) is 13.1 Å². The number of amides is 2. The zero-order chi connectivity index (χ0) is 11.2. The van der Waals surface area contributed by atoms with Crippen molar-refractivity contribution in [2.24, 2.45) is 11.3 Å². The normalized spacial score (nSPS) is 33.9. The lowest BCUT2D eigenvalue weighted by Crippen LogP contribution is -2.57. The first-order valence-electron chi connectivity index (χ1n) is 5.49. The van der Waals surface area contributed by atoms with Crippen molar-refractivity contribution in [3.8, 4) is 0 Å². The number of nitrogens with one attached hydrogen (secondary N) is 1. The lowest BCUT2D eigenvalue weighted by molar-refractivity contribution is -0.145. The summed E-state index contributed by atoms with van der Waals surface area (Å²) in [5.41, 5.74) is 0.355. The minimum Gasteiger partial charge on any atom is -0.345 e. The fourth-order valence-electron chi connectivity index (χ4n) is 2.15. The summed E-state index contributed by atoms with van der Waals surface area (Å²) in [7, 11) is 0. The van der Waals surface area contributed by atoms with Gasteiger partial charge in [-0.2, -0.15) is 0 Å². The zero-order valence-electron chi connectivity index (χ0n) is 9.54. The maximum atomic E-state index is 11.6. The van der Waals surface area contributed by atoms with Crippen molar-refractivity contribution in [2.45, 2.75) is 33.2 Å². The van der Waals surface area contributed by atoms with Gasteiger partial charge in [-0.15, -0.1) is 0 Å². The van der Waals surface area contributed by atoms with Gasteiger partial charge < -0.3 is 10.2 Å². The van der Waals surface area contributed by atoms with Gasteiger partial charge in [-0.3, -0.25) is 9.59 Å². The molecule has 0 radical (unpaired) electrons. The average Bonchev–Trinajstić information content (AvgIpc) is 2.75. The van der Waals surface area contributed by atoms with E-state index in [9.17, 15) is 9.59 Å². The summed E-state index contributed by atoms with van der Waals surface area (Å²) >= 11 is 0. The van der Waals surface area contributed by atoms with Crippen molar-refractivity contribution in [3.05, 3.63) is 0 Å². The number of hydrogen-bond acceptors (Lipinski definition) is 2. The maximum Gasteiger partial charge on any atom is 0.242 e. The molecule has 1 saturated carbocycles. The molecule has 84 valence electrons. The highest BCUT2D eigenvalue weighted by molar-refractivity contribution is 5.94. The smallest absolute Gasteiger partial charge is 0.242 e. The second-order valence-corrected chi connectivity index (χ2v) is 5.33. The van der Waals surface area contributed by atoms with Gasteiger partial charge in [-0.1, -0.05) is 13.8 Å². The lowest BCUT2D eigenvalue weighted by Gasteiger charge is -2.33. The molecule has 1 N–H and O–H groups in total. The monoisotopic (exact) mass is 210 g/mol. The van der Waals surface area contributed by atoms with Crippen molar-refractivity contribution < 1.29 is 9.59 Å². The Bertz CT molecular complexity index is 312. The van der Waals surface area contributed by atoms with Crippen LogP contribution in [-0.4, -0.2) is 35.8 Å². The highest BCUT2D eigenvalue weighted by Gasteiger charge is 2.48. The molecule has 2 fully saturated rings. The lowest BCUT2D eigenvalue weighted by atomic mass is 10.1. The van der Waals surface area contributed by atoms with Gasteiger partial charge in [-0.25, -0.2) is 0 Å². The van der Waals surface area contributed by atoms with E-state index >= 15 is 0 Å². The third kappa shape index (κ3) is 1.85. The molecule has 0 spiro atoms. The molecule has 0 bridgehead atoms. The molecule has 2 unspecified atom stereocenters. The molecular weight excluding hydrogens is 192 g/mol. The molecule has 4 nitrogen and oxygen atoms in total. The summed E-state index contributed by atoms with van der Waals surface area (Å²) in [6.45, 7) is 7.10. The van der Waals surface area contributed by atoms with Crippen LogP contribution in [0.1, 0.15) is 27.2 Å². The Morgan fingerprint density at radius 1 is 1.47 bits per heavy atom. The highest BCUT2D eigenvalue weighted by Crippen LogP contribution is 2.52. The SMILES string of the molecule is CC1C(=O)NCC(=O)N1CC1CC1(C)C. The van der Waals surface area contributed by atoms with Crippen LogP contribution in [0.3, 0.4) is 0 Å². The Morgan fingerprint density at radius 3 is 2.60 bits per heavy atom. The van der Waals surface area contributed by atoms with Crippen LogP contribution in [0.5, 0.6) is 0 Å². The van der Waals surface area contributed by atoms with Gasteiger partial charge in [0.25, 0.3) is 0 Å². The number of rotatable bonds is 2. The number of piperazine rings is 1. The molecule has 0 aromatic carbocycles. The number of nitrogens with zero attached hydrogens (tertiary/aromatic N) is 1. The number of carbonyl (C=O) groups is 2. The van der Waals surface area contributed by atoms with Gasteiger partial charge in [0, 0.05) is 6.54 Å². The van der Waals surface area contributed by atoms with E-state index in [0.717, 1.165) is 13.0 Å². The van der Waals surface area contributed by atoms with Crippen LogP contribution in [-0.2, 0) is 9.59 Å². The predicted octanol–water partition coefficient (Wildman–Crippen LogP) is 0.379. The molecule has 1 heterocycles. The van der Waals surface area contributed by atoms with E-state index in [1.165, 1.54) is 0 Å². The molecule has 2 amide bonds.